The van der Waals surface area contributed by atoms with Crippen molar-refractivity contribution in [3.05, 3.63) is 23.3 Å². The summed E-state index contributed by atoms with van der Waals surface area (Å²) in [7, 11) is 0. The van der Waals surface area contributed by atoms with E-state index in [-0.39, 0.29) is 11.8 Å². The molecule has 4 heteroatoms. The van der Waals surface area contributed by atoms with Crippen LogP contribution in [0, 0.1) is 25.7 Å². The lowest BCUT2D eigenvalue weighted by molar-refractivity contribution is -0.117. The molecule has 2 aromatic rings. The van der Waals surface area contributed by atoms with Crippen LogP contribution >= 0.6 is 11.3 Å². The van der Waals surface area contributed by atoms with E-state index < -0.39 is 0 Å². The number of hydrogen-bond acceptors (Lipinski definition) is 3. The molecule has 1 heterocycles. The Labute approximate surface area is 110 Å². The van der Waals surface area contributed by atoms with Gasteiger partial charge in [0.15, 0.2) is 5.13 Å². The highest BCUT2D eigenvalue weighted by molar-refractivity contribution is 7.22. The summed E-state index contributed by atoms with van der Waals surface area (Å²) in [6, 6.07) is 4.24. The van der Waals surface area contributed by atoms with Gasteiger partial charge in [-0.3, -0.25) is 4.79 Å². The van der Waals surface area contributed by atoms with Gasteiger partial charge in [0.25, 0.3) is 0 Å². The fraction of sp³-hybridized carbons (Fsp3) is 0.429. The zero-order valence-electron chi connectivity index (χ0n) is 10.8. The van der Waals surface area contributed by atoms with E-state index in [0.29, 0.717) is 5.92 Å². The molecule has 0 bridgehead atoms. The SMILES string of the molecule is Cc1cc(C)c2nc(NC(=O)[C@@H]3C[C@H]3C)sc2c1. The van der Waals surface area contributed by atoms with Crippen LogP contribution in [0.25, 0.3) is 10.2 Å². The maximum absolute atomic E-state index is 11.9. The summed E-state index contributed by atoms with van der Waals surface area (Å²) in [6.07, 6.45) is 1.01. The molecule has 1 aliphatic rings. The molecule has 18 heavy (non-hydrogen) atoms. The molecule has 1 aromatic heterocycles. The summed E-state index contributed by atoms with van der Waals surface area (Å²) in [4.78, 5) is 16.4. The van der Waals surface area contributed by atoms with Crippen LogP contribution in [-0.4, -0.2) is 10.9 Å². The Morgan fingerprint density at radius 3 is 2.83 bits per heavy atom. The van der Waals surface area contributed by atoms with Gasteiger partial charge in [-0.05, 0) is 43.4 Å². The van der Waals surface area contributed by atoms with Crippen molar-refractivity contribution in [1.29, 1.82) is 0 Å². The molecular weight excluding hydrogens is 244 g/mol. The minimum absolute atomic E-state index is 0.121. The molecule has 1 aromatic carbocycles. The van der Waals surface area contributed by atoms with Crippen molar-refractivity contribution in [2.45, 2.75) is 27.2 Å². The van der Waals surface area contributed by atoms with Crippen LogP contribution < -0.4 is 5.32 Å². The molecule has 0 unspecified atom stereocenters. The molecule has 3 nitrogen and oxygen atoms in total. The van der Waals surface area contributed by atoms with Gasteiger partial charge in [0, 0.05) is 5.92 Å². The monoisotopic (exact) mass is 260 g/mol. The number of nitrogens with zero attached hydrogens (tertiary/aromatic N) is 1. The van der Waals surface area contributed by atoms with E-state index in [1.807, 2.05) is 0 Å². The lowest BCUT2D eigenvalue weighted by atomic mass is 10.1. The highest BCUT2D eigenvalue weighted by atomic mass is 32.1. The van der Waals surface area contributed by atoms with Crippen molar-refractivity contribution in [2.75, 3.05) is 5.32 Å². The number of fused-ring (bicyclic) bond motifs is 1. The molecule has 0 radical (unpaired) electrons. The summed E-state index contributed by atoms with van der Waals surface area (Å²) >= 11 is 1.56. The Morgan fingerprint density at radius 1 is 1.44 bits per heavy atom. The van der Waals surface area contributed by atoms with Crippen LogP contribution in [0.2, 0.25) is 0 Å². The Bertz CT molecular complexity index is 632. The van der Waals surface area contributed by atoms with Gasteiger partial charge in [0.2, 0.25) is 5.91 Å². The number of carbonyl (C=O) groups excluding carboxylic acids is 1. The van der Waals surface area contributed by atoms with Crippen LogP contribution in [0.3, 0.4) is 0 Å². The van der Waals surface area contributed by atoms with Gasteiger partial charge >= 0.3 is 0 Å². The van der Waals surface area contributed by atoms with E-state index in [0.717, 1.165) is 21.8 Å². The fourth-order valence-corrected chi connectivity index (χ4v) is 3.35. The van der Waals surface area contributed by atoms with Crippen molar-refractivity contribution in [2.24, 2.45) is 11.8 Å². The lowest BCUT2D eigenvalue weighted by Crippen LogP contribution is -2.14. The van der Waals surface area contributed by atoms with Gasteiger partial charge in [-0.1, -0.05) is 24.3 Å². The predicted molar refractivity (Wildman–Crippen MR) is 75.0 cm³/mol. The van der Waals surface area contributed by atoms with E-state index in [2.05, 4.69) is 43.2 Å². The van der Waals surface area contributed by atoms with Crippen LogP contribution in [0.15, 0.2) is 12.1 Å². The Morgan fingerprint density at radius 2 is 2.17 bits per heavy atom. The van der Waals surface area contributed by atoms with Crippen molar-refractivity contribution in [3.63, 3.8) is 0 Å². The maximum atomic E-state index is 11.9. The lowest BCUT2D eigenvalue weighted by Gasteiger charge is -1.98. The van der Waals surface area contributed by atoms with Gasteiger partial charge < -0.3 is 5.32 Å². The first-order valence-electron chi connectivity index (χ1n) is 6.23. The van der Waals surface area contributed by atoms with E-state index in [1.54, 1.807) is 11.3 Å². The minimum atomic E-state index is 0.121. The highest BCUT2D eigenvalue weighted by Gasteiger charge is 2.39. The second kappa shape index (κ2) is 4.05. The summed E-state index contributed by atoms with van der Waals surface area (Å²) in [5.74, 6) is 0.846. The van der Waals surface area contributed by atoms with Gasteiger partial charge in [0.05, 0.1) is 10.2 Å². The fourth-order valence-electron chi connectivity index (χ4n) is 2.31. The van der Waals surface area contributed by atoms with Gasteiger partial charge in [-0.2, -0.15) is 0 Å². The third-order valence-electron chi connectivity index (χ3n) is 3.51. The number of benzene rings is 1. The maximum Gasteiger partial charge on any atom is 0.229 e. The molecule has 0 aliphatic heterocycles. The molecule has 2 atom stereocenters. The molecule has 3 rings (SSSR count). The van der Waals surface area contributed by atoms with Crippen LogP contribution in [0.4, 0.5) is 5.13 Å². The standard InChI is InChI=1S/C14H16N2OS/c1-7-4-9(3)12-11(5-7)18-14(15-12)16-13(17)10-6-8(10)2/h4-5,8,10H,6H2,1-3H3,(H,15,16,17)/t8-,10-/m1/s1. The van der Waals surface area contributed by atoms with Gasteiger partial charge in [-0.25, -0.2) is 4.98 Å². The van der Waals surface area contributed by atoms with Gasteiger partial charge in [0.1, 0.15) is 0 Å². The van der Waals surface area contributed by atoms with E-state index >= 15 is 0 Å². The second-order valence-electron chi connectivity index (χ2n) is 5.26. The van der Waals surface area contributed by atoms with Crippen molar-refractivity contribution in [3.8, 4) is 0 Å². The van der Waals surface area contributed by atoms with Crippen LogP contribution in [0.5, 0.6) is 0 Å². The second-order valence-corrected chi connectivity index (χ2v) is 6.29. The number of aromatic nitrogens is 1. The average molecular weight is 260 g/mol. The topological polar surface area (TPSA) is 42.0 Å². The normalized spacial score (nSPS) is 22.2. The largest absolute Gasteiger partial charge is 0.302 e. The first kappa shape index (κ1) is 11.7. The summed E-state index contributed by atoms with van der Waals surface area (Å²) < 4.78 is 1.15. The number of nitrogens with one attached hydrogen (secondary N) is 1. The number of thiazole rings is 1. The molecule has 1 fully saturated rings. The number of aryl methyl sites for hydroxylation is 2. The molecular formula is C14H16N2OS. The molecule has 94 valence electrons. The first-order valence-corrected chi connectivity index (χ1v) is 7.05. The number of amides is 1. The molecule has 1 N–H and O–H groups in total. The van der Waals surface area contributed by atoms with Crippen molar-refractivity contribution >= 4 is 32.6 Å². The Balaban J connectivity index is 1.89. The van der Waals surface area contributed by atoms with Crippen molar-refractivity contribution < 1.29 is 4.79 Å². The van der Waals surface area contributed by atoms with Gasteiger partial charge in [-0.15, -0.1) is 0 Å². The average Bonchev–Trinajstić information content (AvgIpc) is 2.86. The predicted octanol–water partition coefficient (Wildman–Crippen LogP) is 3.51. The number of rotatable bonds is 2. The van der Waals surface area contributed by atoms with E-state index in [9.17, 15) is 4.79 Å². The van der Waals surface area contributed by atoms with E-state index in [4.69, 9.17) is 0 Å². The number of anilines is 1. The Hall–Kier alpha value is -1.42. The van der Waals surface area contributed by atoms with E-state index in [1.165, 1.54) is 11.1 Å². The molecule has 1 saturated carbocycles. The summed E-state index contributed by atoms with van der Waals surface area (Å²) in [6.45, 7) is 6.25. The third-order valence-corrected chi connectivity index (χ3v) is 4.42. The number of carbonyl (C=O) groups is 1. The molecule has 0 spiro atoms. The summed E-state index contributed by atoms with van der Waals surface area (Å²) in [5.41, 5.74) is 3.41. The zero-order valence-corrected chi connectivity index (χ0v) is 11.6. The summed E-state index contributed by atoms with van der Waals surface area (Å²) in [5, 5.41) is 3.66. The van der Waals surface area contributed by atoms with Crippen LogP contribution in [0.1, 0.15) is 24.5 Å². The van der Waals surface area contributed by atoms with Crippen molar-refractivity contribution in [1.82, 2.24) is 4.98 Å². The molecule has 1 amide bonds. The quantitative estimate of drug-likeness (QED) is 0.897. The third kappa shape index (κ3) is 2.01. The zero-order chi connectivity index (χ0) is 12.9. The first-order chi connectivity index (χ1) is 8.54. The minimum Gasteiger partial charge on any atom is -0.302 e. The van der Waals surface area contributed by atoms with Crippen LogP contribution in [-0.2, 0) is 4.79 Å². The number of hydrogen-bond donors (Lipinski definition) is 1. The highest BCUT2D eigenvalue weighted by Crippen LogP contribution is 2.39. The smallest absolute Gasteiger partial charge is 0.229 e. The Kier molecular flexibility index (Phi) is 2.63. The molecule has 0 saturated heterocycles. The molecule has 1 aliphatic carbocycles.